The Morgan fingerprint density at radius 1 is 1.47 bits per heavy atom. The summed E-state index contributed by atoms with van der Waals surface area (Å²) >= 11 is 0. The van der Waals surface area contributed by atoms with Crippen LogP contribution < -0.4 is 0 Å². The maximum absolute atomic E-state index is 11.9. The third-order valence-corrected chi connectivity index (χ3v) is 4.61. The van der Waals surface area contributed by atoms with E-state index in [9.17, 15) is 9.90 Å². The second-order valence-electron chi connectivity index (χ2n) is 5.42. The number of hydrogen-bond acceptors (Lipinski definition) is 2. The van der Waals surface area contributed by atoms with E-state index in [-0.39, 0.29) is 5.92 Å². The van der Waals surface area contributed by atoms with Gasteiger partial charge in [0.05, 0.1) is 0 Å². The van der Waals surface area contributed by atoms with Gasteiger partial charge < -0.3 is 5.11 Å². The quantitative estimate of drug-likeness (QED) is 0.804. The molecule has 17 heavy (non-hydrogen) atoms. The maximum Gasteiger partial charge on any atom is 0.324 e. The third-order valence-electron chi connectivity index (χ3n) is 4.61. The van der Waals surface area contributed by atoms with E-state index in [1.165, 1.54) is 6.42 Å². The molecule has 1 aliphatic carbocycles. The molecule has 0 spiro atoms. The summed E-state index contributed by atoms with van der Waals surface area (Å²) in [5.74, 6) is -0.366. The molecule has 0 amide bonds. The average Bonchev–Trinajstić information content (AvgIpc) is 2.31. The van der Waals surface area contributed by atoms with Crippen molar-refractivity contribution in [3.05, 3.63) is 0 Å². The highest BCUT2D eigenvalue weighted by molar-refractivity contribution is 5.79. The van der Waals surface area contributed by atoms with Crippen molar-refractivity contribution in [2.24, 2.45) is 5.92 Å². The fourth-order valence-corrected chi connectivity index (χ4v) is 3.40. The van der Waals surface area contributed by atoms with Crippen LogP contribution in [0.3, 0.4) is 0 Å². The van der Waals surface area contributed by atoms with Crippen molar-refractivity contribution < 1.29 is 9.90 Å². The highest BCUT2D eigenvalue weighted by Gasteiger charge is 2.50. The van der Waals surface area contributed by atoms with E-state index >= 15 is 0 Å². The van der Waals surface area contributed by atoms with Gasteiger partial charge >= 0.3 is 5.97 Å². The fraction of sp³-hybridized carbons (Fsp3) is 0.929. The largest absolute Gasteiger partial charge is 0.480 e. The summed E-state index contributed by atoms with van der Waals surface area (Å²) in [6.45, 7) is 9.30. The van der Waals surface area contributed by atoms with Gasteiger partial charge in [0.15, 0.2) is 0 Å². The average molecular weight is 241 g/mol. The first-order chi connectivity index (χ1) is 8.00. The van der Waals surface area contributed by atoms with E-state index in [0.717, 1.165) is 32.2 Å². The van der Waals surface area contributed by atoms with Crippen LogP contribution >= 0.6 is 0 Å². The van der Waals surface area contributed by atoms with Gasteiger partial charge in [-0.2, -0.15) is 0 Å². The smallest absolute Gasteiger partial charge is 0.324 e. The summed E-state index contributed by atoms with van der Waals surface area (Å²) in [6, 6.07) is 0.344. The summed E-state index contributed by atoms with van der Waals surface area (Å²) < 4.78 is 0. The van der Waals surface area contributed by atoms with Crippen LogP contribution in [0, 0.1) is 5.92 Å². The predicted molar refractivity (Wildman–Crippen MR) is 70.1 cm³/mol. The summed E-state index contributed by atoms with van der Waals surface area (Å²) in [7, 11) is 0. The molecule has 100 valence electrons. The number of nitrogens with zero attached hydrogens (tertiary/aromatic N) is 1. The van der Waals surface area contributed by atoms with E-state index < -0.39 is 11.5 Å². The van der Waals surface area contributed by atoms with Gasteiger partial charge in [-0.15, -0.1) is 0 Å². The molecule has 3 heteroatoms. The molecule has 3 nitrogen and oxygen atoms in total. The second kappa shape index (κ2) is 5.85. The van der Waals surface area contributed by atoms with Gasteiger partial charge in [-0.25, -0.2) is 0 Å². The Morgan fingerprint density at radius 3 is 2.53 bits per heavy atom. The lowest BCUT2D eigenvalue weighted by Crippen LogP contribution is -2.62. The monoisotopic (exact) mass is 241 g/mol. The molecule has 1 N–H and O–H groups in total. The van der Waals surface area contributed by atoms with Crippen LogP contribution in [0.4, 0.5) is 0 Å². The SMILES string of the molecule is CCC(C)N(CC)C1(C(=O)O)CCCCC1C. The molecular weight excluding hydrogens is 214 g/mol. The predicted octanol–water partition coefficient (Wildman–Crippen LogP) is 3.14. The molecule has 0 aromatic heterocycles. The van der Waals surface area contributed by atoms with Crippen LogP contribution in [0.15, 0.2) is 0 Å². The van der Waals surface area contributed by atoms with Crippen molar-refractivity contribution in [2.45, 2.75) is 71.4 Å². The molecule has 3 atom stereocenters. The van der Waals surface area contributed by atoms with Crippen LogP contribution in [-0.4, -0.2) is 34.1 Å². The Kier molecular flexibility index (Phi) is 4.99. The zero-order valence-electron chi connectivity index (χ0n) is 11.7. The van der Waals surface area contributed by atoms with Crippen molar-refractivity contribution in [1.82, 2.24) is 4.90 Å². The van der Waals surface area contributed by atoms with Gasteiger partial charge in [0.1, 0.15) is 5.54 Å². The number of carboxylic acid groups (broad SMARTS) is 1. The van der Waals surface area contributed by atoms with Gasteiger partial charge in [-0.05, 0) is 38.6 Å². The number of carboxylic acids is 1. The zero-order chi connectivity index (χ0) is 13.1. The minimum atomic E-state index is -0.623. The van der Waals surface area contributed by atoms with Gasteiger partial charge in [-0.3, -0.25) is 9.69 Å². The molecule has 0 aliphatic heterocycles. The number of rotatable bonds is 5. The Hall–Kier alpha value is -0.570. The number of hydrogen-bond donors (Lipinski definition) is 1. The highest BCUT2D eigenvalue weighted by atomic mass is 16.4. The fourth-order valence-electron chi connectivity index (χ4n) is 3.40. The lowest BCUT2D eigenvalue weighted by Gasteiger charge is -2.49. The topological polar surface area (TPSA) is 40.5 Å². The summed E-state index contributed by atoms with van der Waals surface area (Å²) in [5.41, 5.74) is -0.623. The molecular formula is C14H27NO2. The van der Waals surface area contributed by atoms with Gasteiger partial charge in [0.25, 0.3) is 0 Å². The third kappa shape index (κ3) is 2.49. The minimum absolute atomic E-state index is 0.252. The van der Waals surface area contributed by atoms with Crippen molar-refractivity contribution >= 4 is 5.97 Å². The molecule has 0 saturated heterocycles. The minimum Gasteiger partial charge on any atom is -0.480 e. The van der Waals surface area contributed by atoms with Crippen LogP contribution in [0.2, 0.25) is 0 Å². The van der Waals surface area contributed by atoms with Crippen LogP contribution in [-0.2, 0) is 4.79 Å². The Balaban J connectivity index is 3.07. The van der Waals surface area contributed by atoms with Crippen molar-refractivity contribution in [2.75, 3.05) is 6.54 Å². The molecule has 3 unspecified atom stereocenters. The number of aliphatic carboxylic acids is 1. The van der Waals surface area contributed by atoms with Crippen molar-refractivity contribution in [3.63, 3.8) is 0 Å². The molecule has 0 radical (unpaired) electrons. The van der Waals surface area contributed by atoms with E-state index in [0.29, 0.717) is 6.04 Å². The molecule has 0 bridgehead atoms. The normalized spacial score (nSPS) is 31.5. The maximum atomic E-state index is 11.9. The number of likely N-dealkylation sites (N-methyl/N-ethyl adjacent to an activating group) is 1. The molecule has 1 saturated carbocycles. The number of carbonyl (C=O) groups is 1. The van der Waals surface area contributed by atoms with E-state index in [2.05, 4.69) is 32.6 Å². The van der Waals surface area contributed by atoms with Crippen molar-refractivity contribution in [1.29, 1.82) is 0 Å². The van der Waals surface area contributed by atoms with Gasteiger partial charge in [0.2, 0.25) is 0 Å². The molecule has 1 aliphatic rings. The van der Waals surface area contributed by atoms with Gasteiger partial charge in [0, 0.05) is 6.04 Å². The molecule has 1 rings (SSSR count). The van der Waals surface area contributed by atoms with Crippen molar-refractivity contribution in [3.8, 4) is 0 Å². The first-order valence-electron chi connectivity index (χ1n) is 7.00. The van der Waals surface area contributed by atoms with Crippen LogP contribution in [0.5, 0.6) is 0 Å². The summed E-state index contributed by atoms with van der Waals surface area (Å²) in [5, 5.41) is 9.76. The summed E-state index contributed by atoms with van der Waals surface area (Å²) in [4.78, 5) is 14.1. The first kappa shape index (κ1) is 14.5. The van der Waals surface area contributed by atoms with Crippen LogP contribution in [0.1, 0.15) is 59.8 Å². The molecule has 0 aromatic rings. The van der Waals surface area contributed by atoms with E-state index in [1.54, 1.807) is 0 Å². The molecule has 0 aromatic carbocycles. The first-order valence-corrected chi connectivity index (χ1v) is 7.00. The molecule has 1 fully saturated rings. The highest BCUT2D eigenvalue weighted by Crippen LogP contribution is 2.40. The zero-order valence-corrected chi connectivity index (χ0v) is 11.7. The molecule has 0 heterocycles. The lowest BCUT2D eigenvalue weighted by molar-refractivity contribution is -0.161. The van der Waals surface area contributed by atoms with E-state index in [1.807, 2.05) is 0 Å². The second-order valence-corrected chi connectivity index (χ2v) is 5.42. The Labute approximate surface area is 105 Å². The standard InChI is InChI=1S/C14H27NO2/c1-5-12(4)15(6-2)14(13(16)17)10-8-7-9-11(14)3/h11-12H,5-10H2,1-4H3,(H,16,17). The van der Waals surface area contributed by atoms with Crippen LogP contribution in [0.25, 0.3) is 0 Å². The lowest BCUT2D eigenvalue weighted by atomic mass is 9.71. The Morgan fingerprint density at radius 2 is 2.12 bits per heavy atom. The summed E-state index contributed by atoms with van der Waals surface area (Å²) in [6.07, 6.45) is 5.08. The van der Waals surface area contributed by atoms with E-state index in [4.69, 9.17) is 0 Å². The Bertz CT molecular complexity index is 267. The van der Waals surface area contributed by atoms with Gasteiger partial charge in [-0.1, -0.05) is 33.6 Å².